The van der Waals surface area contributed by atoms with E-state index in [0.29, 0.717) is 0 Å². The number of hydrogen-bond donors (Lipinski definition) is 0. The molecule has 0 unspecified atom stereocenters. The van der Waals surface area contributed by atoms with Crippen LogP contribution in [-0.4, -0.2) is 23.8 Å². The van der Waals surface area contributed by atoms with Crippen molar-refractivity contribution in [1.29, 1.82) is 0 Å². The maximum atomic E-state index is 12.6. The van der Waals surface area contributed by atoms with E-state index in [1.165, 1.54) is 13.8 Å². The summed E-state index contributed by atoms with van der Waals surface area (Å²) in [6.45, 7) is 2.50. The number of rotatable bonds is 4. The highest BCUT2D eigenvalue weighted by Crippen LogP contribution is 2.47. The van der Waals surface area contributed by atoms with Crippen molar-refractivity contribution in [2.24, 2.45) is 5.92 Å². The Labute approximate surface area is 86.6 Å². The number of halogens is 7. The van der Waals surface area contributed by atoms with E-state index in [9.17, 15) is 35.5 Å². The van der Waals surface area contributed by atoms with Crippen LogP contribution in [0.5, 0.6) is 0 Å². The van der Waals surface area contributed by atoms with Crippen molar-refractivity contribution in [2.75, 3.05) is 0 Å². The van der Waals surface area contributed by atoms with Gasteiger partial charge in [-0.15, -0.1) is 0 Å². The molecule has 0 aromatic heterocycles. The van der Waals surface area contributed by atoms with Crippen LogP contribution < -0.4 is 0 Å². The zero-order valence-electron chi connectivity index (χ0n) is 8.34. The van der Waals surface area contributed by atoms with Crippen LogP contribution in [0.25, 0.3) is 0 Å². The van der Waals surface area contributed by atoms with Gasteiger partial charge in [0.05, 0.1) is 0 Å². The smallest absolute Gasteiger partial charge is 0.293 e. The third kappa shape index (κ3) is 2.65. The second-order valence-electron chi connectivity index (χ2n) is 3.67. The van der Waals surface area contributed by atoms with E-state index in [2.05, 4.69) is 0 Å². The molecule has 0 fully saturated rings. The first-order chi connectivity index (χ1) is 6.84. The Hall–Kier alpha value is -0.820. The van der Waals surface area contributed by atoms with Gasteiger partial charge in [-0.05, 0) is 5.92 Å². The highest BCUT2D eigenvalue weighted by atomic mass is 19.4. The summed E-state index contributed by atoms with van der Waals surface area (Å²) in [6.07, 6.45) is -7.50. The van der Waals surface area contributed by atoms with Gasteiger partial charge in [-0.25, -0.2) is 0 Å². The zero-order valence-corrected chi connectivity index (χ0v) is 8.34. The lowest BCUT2D eigenvalue weighted by Crippen LogP contribution is -2.56. The highest BCUT2D eigenvalue weighted by Gasteiger charge is 2.75. The van der Waals surface area contributed by atoms with Crippen LogP contribution in [-0.2, 0) is 4.79 Å². The second kappa shape index (κ2) is 4.21. The van der Waals surface area contributed by atoms with E-state index in [1.807, 2.05) is 0 Å². The van der Waals surface area contributed by atoms with Gasteiger partial charge in [0.15, 0.2) is 0 Å². The SMILES string of the molecule is CC(C)CC(=O)C(F)(F)C(F)(F)C(F)(F)F. The van der Waals surface area contributed by atoms with Crippen molar-refractivity contribution in [1.82, 2.24) is 0 Å². The standard InChI is InChI=1S/C8H9F7O/c1-4(2)3-5(16)6(9,10)7(11,12)8(13,14)15/h4H,3H2,1-2H3. The quantitative estimate of drug-likeness (QED) is 0.702. The van der Waals surface area contributed by atoms with Crippen LogP contribution in [0.4, 0.5) is 30.7 Å². The molecule has 0 heterocycles. The fraction of sp³-hybridized carbons (Fsp3) is 0.875. The van der Waals surface area contributed by atoms with Crippen LogP contribution in [0, 0.1) is 5.92 Å². The molecule has 0 aliphatic rings. The average molecular weight is 254 g/mol. The third-order valence-electron chi connectivity index (χ3n) is 1.69. The minimum Gasteiger partial charge on any atom is -0.293 e. The van der Waals surface area contributed by atoms with Crippen LogP contribution in [0.2, 0.25) is 0 Å². The molecule has 0 amide bonds. The van der Waals surface area contributed by atoms with Crippen LogP contribution in [0.3, 0.4) is 0 Å². The highest BCUT2D eigenvalue weighted by molar-refractivity contribution is 5.87. The van der Waals surface area contributed by atoms with Gasteiger partial charge < -0.3 is 0 Å². The molecule has 8 heteroatoms. The largest absolute Gasteiger partial charge is 0.460 e. The summed E-state index contributed by atoms with van der Waals surface area (Å²) in [6, 6.07) is 0. The van der Waals surface area contributed by atoms with Gasteiger partial charge in [0.1, 0.15) is 0 Å². The third-order valence-corrected chi connectivity index (χ3v) is 1.69. The summed E-state index contributed by atoms with van der Waals surface area (Å²) < 4.78 is 84.8. The number of ketones is 1. The Morgan fingerprint density at radius 1 is 1.00 bits per heavy atom. The molecule has 0 spiro atoms. The first-order valence-electron chi connectivity index (χ1n) is 4.19. The van der Waals surface area contributed by atoms with E-state index in [-0.39, 0.29) is 0 Å². The molecule has 16 heavy (non-hydrogen) atoms. The second-order valence-corrected chi connectivity index (χ2v) is 3.67. The number of hydrogen-bond acceptors (Lipinski definition) is 1. The van der Waals surface area contributed by atoms with Crippen molar-refractivity contribution >= 4 is 5.78 Å². The molecule has 0 atom stereocenters. The summed E-state index contributed by atoms with van der Waals surface area (Å²) in [5.74, 6) is -15.2. The summed E-state index contributed by atoms with van der Waals surface area (Å²) in [5, 5.41) is 0. The lowest BCUT2D eigenvalue weighted by atomic mass is 9.98. The zero-order chi connectivity index (χ0) is 13.4. The Balaban J connectivity index is 5.12. The van der Waals surface area contributed by atoms with Crippen LogP contribution in [0.1, 0.15) is 20.3 Å². The Bertz CT molecular complexity index is 266. The van der Waals surface area contributed by atoms with Crippen molar-refractivity contribution < 1.29 is 35.5 Å². The Morgan fingerprint density at radius 3 is 1.62 bits per heavy atom. The Morgan fingerprint density at radius 2 is 1.38 bits per heavy atom. The van der Waals surface area contributed by atoms with Crippen molar-refractivity contribution in [3.8, 4) is 0 Å². The van der Waals surface area contributed by atoms with Gasteiger partial charge in [-0.3, -0.25) is 4.79 Å². The van der Waals surface area contributed by atoms with E-state index in [0.717, 1.165) is 0 Å². The monoisotopic (exact) mass is 254 g/mol. The van der Waals surface area contributed by atoms with Gasteiger partial charge >= 0.3 is 18.0 Å². The lowest BCUT2D eigenvalue weighted by Gasteiger charge is -2.27. The molecule has 0 aliphatic heterocycles. The molecule has 96 valence electrons. The minimum absolute atomic E-state index is 0.734. The molecule has 0 bridgehead atoms. The van der Waals surface area contributed by atoms with Gasteiger partial charge in [0, 0.05) is 6.42 Å². The maximum Gasteiger partial charge on any atom is 0.460 e. The summed E-state index contributed by atoms with van der Waals surface area (Å²) in [7, 11) is 0. The van der Waals surface area contributed by atoms with E-state index < -0.39 is 36.1 Å². The minimum atomic E-state index is -6.46. The van der Waals surface area contributed by atoms with E-state index in [4.69, 9.17) is 0 Å². The molecule has 0 aliphatic carbocycles. The molecule has 1 nitrogen and oxygen atoms in total. The molecular formula is C8H9F7O. The lowest BCUT2D eigenvalue weighted by molar-refractivity contribution is -0.343. The first kappa shape index (κ1) is 15.2. The van der Waals surface area contributed by atoms with Gasteiger partial charge in [-0.2, -0.15) is 30.7 Å². The van der Waals surface area contributed by atoms with Gasteiger partial charge in [0.2, 0.25) is 5.78 Å². The van der Waals surface area contributed by atoms with E-state index >= 15 is 0 Å². The molecule has 0 radical (unpaired) electrons. The molecule has 0 aromatic rings. The first-order valence-corrected chi connectivity index (χ1v) is 4.19. The predicted octanol–water partition coefficient (Wildman–Crippen LogP) is 3.43. The topological polar surface area (TPSA) is 17.1 Å². The van der Waals surface area contributed by atoms with Crippen molar-refractivity contribution in [3.63, 3.8) is 0 Å². The molecule has 0 saturated heterocycles. The number of carbonyl (C=O) groups excluding carboxylic acids is 1. The Kier molecular flexibility index (Phi) is 4.00. The number of alkyl halides is 7. The van der Waals surface area contributed by atoms with Crippen molar-refractivity contribution in [2.45, 2.75) is 38.3 Å². The number of carbonyl (C=O) groups is 1. The molecular weight excluding hydrogens is 245 g/mol. The molecule has 0 rings (SSSR count). The average Bonchev–Trinajstić information content (AvgIpc) is 2.00. The summed E-state index contributed by atoms with van der Waals surface area (Å²) >= 11 is 0. The molecule has 0 saturated carbocycles. The normalized spacial score (nSPS) is 14.4. The van der Waals surface area contributed by atoms with Gasteiger partial charge in [-0.1, -0.05) is 13.8 Å². The maximum absolute atomic E-state index is 12.6. The molecule has 0 N–H and O–H groups in total. The predicted molar refractivity (Wildman–Crippen MR) is 40.4 cm³/mol. The fourth-order valence-electron chi connectivity index (χ4n) is 0.852. The van der Waals surface area contributed by atoms with Crippen LogP contribution >= 0.6 is 0 Å². The fourth-order valence-corrected chi connectivity index (χ4v) is 0.852. The van der Waals surface area contributed by atoms with Crippen LogP contribution in [0.15, 0.2) is 0 Å². The summed E-state index contributed by atoms with van der Waals surface area (Å²) in [5.41, 5.74) is 0. The molecule has 0 aromatic carbocycles. The van der Waals surface area contributed by atoms with E-state index in [1.54, 1.807) is 0 Å². The summed E-state index contributed by atoms with van der Waals surface area (Å²) in [4.78, 5) is 10.6. The number of Topliss-reactive ketones (excluding diaryl/α,β-unsaturated/α-hetero) is 1. The van der Waals surface area contributed by atoms with Crippen molar-refractivity contribution in [3.05, 3.63) is 0 Å². The van der Waals surface area contributed by atoms with Gasteiger partial charge in [0.25, 0.3) is 0 Å².